The van der Waals surface area contributed by atoms with E-state index in [1.54, 1.807) is 0 Å². The Morgan fingerprint density at radius 1 is 1.50 bits per heavy atom. The van der Waals surface area contributed by atoms with Crippen molar-refractivity contribution in [2.75, 3.05) is 20.1 Å². The standard InChI is InChI=1S/C8H18N2/c1-7(5-9-2)10-6-8-3-4-8/h7-10H,3-6H2,1-2H3. The molecule has 10 heavy (non-hydrogen) atoms. The van der Waals surface area contributed by atoms with Gasteiger partial charge in [0, 0.05) is 12.6 Å². The molecule has 0 heterocycles. The first kappa shape index (κ1) is 8.02. The molecule has 1 atom stereocenters. The second kappa shape index (κ2) is 3.94. The highest BCUT2D eigenvalue weighted by Crippen LogP contribution is 2.27. The van der Waals surface area contributed by atoms with E-state index < -0.39 is 0 Å². The molecule has 0 amide bonds. The second-order valence-electron chi connectivity index (χ2n) is 3.31. The summed E-state index contributed by atoms with van der Waals surface area (Å²) in [5.74, 6) is 0.999. The minimum atomic E-state index is 0.630. The summed E-state index contributed by atoms with van der Waals surface area (Å²) in [7, 11) is 2.00. The fourth-order valence-corrected chi connectivity index (χ4v) is 1.07. The SMILES string of the molecule is CNCC(C)NCC1CC1. The lowest BCUT2D eigenvalue weighted by Crippen LogP contribution is -2.35. The Morgan fingerprint density at radius 3 is 2.70 bits per heavy atom. The van der Waals surface area contributed by atoms with E-state index in [1.165, 1.54) is 19.4 Å². The van der Waals surface area contributed by atoms with Crippen LogP contribution in [0.25, 0.3) is 0 Å². The van der Waals surface area contributed by atoms with Crippen molar-refractivity contribution in [3.05, 3.63) is 0 Å². The van der Waals surface area contributed by atoms with Gasteiger partial charge in [0.15, 0.2) is 0 Å². The molecule has 0 aromatic rings. The molecule has 0 aromatic carbocycles. The summed E-state index contributed by atoms with van der Waals surface area (Å²) in [5.41, 5.74) is 0. The van der Waals surface area contributed by atoms with Gasteiger partial charge in [0.25, 0.3) is 0 Å². The average Bonchev–Trinajstić information content (AvgIpc) is 2.67. The zero-order valence-corrected chi connectivity index (χ0v) is 6.98. The van der Waals surface area contributed by atoms with Crippen LogP contribution < -0.4 is 10.6 Å². The Hall–Kier alpha value is -0.0800. The molecule has 1 unspecified atom stereocenters. The number of rotatable bonds is 5. The molecular formula is C8H18N2. The highest BCUT2D eigenvalue weighted by atomic mass is 15.0. The van der Waals surface area contributed by atoms with Gasteiger partial charge in [0.1, 0.15) is 0 Å². The molecule has 1 aliphatic carbocycles. The Kier molecular flexibility index (Phi) is 3.16. The summed E-state index contributed by atoms with van der Waals surface area (Å²) >= 11 is 0. The quantitative estimate of drug-likeness (QED) is 0.587. The molecule has 1 rings (SSSR count). The zero-order valence-electron chi connectivity index (χ0n) is 6.98. The van der Waals surface area contributed by atoms with Gasteiger partial charge in [-0.3, -0.25) is 0 Å². The Balaban J connectivity index is 1.89. The van der Waals surface area contributed by atoms with Gasteiger partial charge in [-0.25, -0.2) is 0 Å². The van der Waals surface area contributed by atoms with Gasteiger partial charge in [-0.15, -0.1) is 0 Å². The van der Waals surface area contributed by atoms with Crippen LogP contribution in [0.3, 0.4) is 0 Å². The maximum Gasteiger partial charge on any atom is 0.0164 e. The number of hydrogen-bond acceptors (Lipinski definition) is 2. The maximum atomic E-state index is 3.48. The minimum Gasteiger partial charge on any atom is -0.318 e. The van der Waals surface area contributed by atoms with Gasteiger partial charge in [-0.2, -0.15) is 0 Å². The van der Waals surface area contributed by atoms with Crippen LogP contribution in [0, 0.1) is 5.92 Å². The normalized spacial score (nSPS) is 21.0. The van der Waals surface area contributed by atoms with Crippen molar-refractivity contribution in [2.45, 2.75) is 25.8 Å². The van der Waals surface area contributed by atoms with Crippen LogP contribution in [0.1, 0.15) is 19.8 Å². The Labute approximate surface area is 63.4 Å². The molecule has 2 heteroatoms. The van der Waals surface area contributed by atoms with E-state index >= 15 is 0 Å². The highest BCUT2D eigenvalue weighted by Gasteiger charge is 2.20. The topological polar surface area (TPSA) is 24.1 Å². The summed E-state index contributed by atoms with van der Waals surface area (Å²) in [6, 6.07) is 0.630. The third-order valence-corrected chi connectivity index (χ3v) is 1.96. The summed E-state index contributed by atoms with van der Waals surface area (Å²) in [4.78, 5) is 0. The van der Waals surface area contributed by atoms with Crippen LogP contribution in [-0.2, 0) is 0 Å². The lowest BCUT2D eigenvalue weighted by atomic mass is 10.3. The van der Waals surface area contributed by atoms with Crippen molar-refractivity contribution >= 4 is 0 Å². The molecule has 0 spiro atoms. The van der Waals surface area contributed by atoms with Gasteiger partial charge >= 0.3 is 0 Å². The van der Waals surface area contributed by atoms with E-state index in [-0.39, 0.29) is 0 Å². The van der Waals surface area contributed by atoms with Gasteiger partial charge < -0.3 is 10.6 Å². The van der Waals surface area contributed by atoms with E-state index in [9.17, 15) is 0 Å². The van der Waals surface area contributed by atoms with Crippen molar-refractivity contribution in [1.82, 2.24) is 10.6 Å². The molecule has 1 saturated carbocycles. The monoisotopic (exact) mass is 142 g/mol. The summed E-state index contributed by atoms with van der Waals surface area (Å²) in [6.45, 7) is 4.52. The fourth-order valence-electron chi connectivity index (χ4n) is 1.07. The van der Waals surface area contributed by atoms with Crippen molar-refractivity contribution in [3.63, 3.8) is 0 Å². The van der Waals surface area contributed by atoms with Crippen LogP contribution >= 0.6 is 0 Å². The maximum absolute atomic E-state index is 3.48. The first-order valence-electron chi connectivity index (χ1n) is 4.21. The van der Waals surface area contributed by atoms with Crippen molar-refractivity contribution < 1.29 is 0 Å². The summed E-state index contributed by atoms with van der Waals surface area (Å²) in [6.07, 6.45) is 2.89. The smallest absolute Gasteiger partial charge is 0.0164 e. The van der Waals surface area contributed by atoms with Crippen LogP contribution in [0.4, 0.5) is 0 Å². The Morgan fingerprint density at radius 2 is 2.20 bits per heavy atom. The largest absolute Gasteiger partial charge is 0.318 e. The van der Waals surface area contributed by atoms with Crippen LogP contribution in [0.15, 0.2) is 0 Å². The van der Waals surface area contributed by atoms with E-state index in [4.69, 9.17) is 0 Å². The van der Waals surface area contributed by atoms with E-state index in [2.05, 4.69) is 17.6 Å². The highest BCUT2D eigenvalue weighted by molar-refractivity contribution is 4.77. The number of likely N-dealkylation sites (N-methyl/N-ethyl adjacent to an activating group) is 1. The molecule has 2 N–H and O–H groups in total. The molecule has 60 valence electrons. The molecule has 0 aromatic heterocycles. The Bertz CT molecular complexity index is 89.3. The summed E-state index contributed by atoms with van der Waals surface area (Å²) < 4.78 is 0. The summed E-state index contributed by atoms with van der Waals surface area (Å²) in [5, 5.41) is 6.63. The first-order chi connectivity index (χ1) is 4.83. The lowest BCUT2D eigenvalue weighted by Gasteiger charge is -2.11. The number of nitrogens with one attached hydrogen (secondary N) is 2. The molecule has 1 aliphatic rings. The van der Waals surface area contributed by atoms with Crippen molar-refractivity contribution in [3.8, 4) is 0 Å². The molecule has 0 radical (unpaired) electrons. The first-order valence-corrected chi connectivity index (χ1v) is 4.21. The fraction of sp³-hybridized carbons (Fsp3) is 1.00. The van der Waals surface area contributed by atoms with E-state index in [0.29, 0.717) is 6.04 Å². The second-order valence-corrected chi connectivity index (χ2v) is 3.31. The zero-order chi connectivity index (χ0) is 7.40. The van der Waals surface area contributed by atoms with Gasteiger partial charge in [-0.1, -0.05) is 0 Å². The predicted octanol–water partition coefficient (Wildman–Crippen LogP) is 0.594. The third-order valence-electron chi connectivity index (χ3n) is 1.96. The van der Waals surface area contributed by atoms with Crippen LogP contribution in [0.5, 0.6) is 0 Å². The number of hydrogen-bond donors (Lipinski definition) is 2. The minimum absolute atomic E-state index is 0.630. The molecule has 0 aliphatic heterocycles. The lowest BCUT2D eigenvalue weighted by molar-refractivity contribution is 0.508. The van der Waals surface area contributed by atoms with Crippen LogP contribution in [0.2, 0.25) is 0 Å². The molecule has 0 saturated heterocycles. The van der Waals surface area contributed by atoms with Crippen LogP contribution in [-0.4, -0.2) is 26.2 Å². The molecular weight excluding hydrogens is 124 g/mol. The molecule has 2 nitrogen and oxygen atoms in total. The predicted molar refractivity (Wildman–Crippen MR) is 44.1 cm³/mol. The van der Waals surface area contributed by atoms with E-state index in [0.717, 1.165) is 12.5 Å². The van der Waals surface area contributed by atoms with Crippen molar-refractivity contribution in [1.29, 1.82) is 0 Å². The van der Waals surface area contributed by atoms with Gasteiger partial charge in [-0.05, 0) is 39.3 Å². The van der Waals surface area contributed by atoms with Crippen molar-refractivity contribution in [2.24, 2.45) is 5.92 Å². The molecule has 1 fully saturated rings. The molecule has 0 bridgehead atoms. The average molecular weight is 142 g/mol. The third kappa shape index (κ3) is 3.18. The van der Waals surface area contributed by atoms with Gasteiger partial charge in [0.2, 0.25) is 0 Å². The van der Waals surface area contributed by atoms with Gasteiger partial charge in [0.05, 0.1) is 0 Å². The van der Waals surface area contributed by atoms with E-state index in [1.807, 2.05) is 7.05 Å².